The Morgan fingerprint density at radius 1 is 1.21 bits per heavy atom. The molecule has 2 saturated heterocycles. The van der Waals surface area contributed by atoms with Crippen LogP contribution in [-0.4, -0.2) is 54.4 Å². The number of rotatable bonds is 3. The van der Waals surface area contributed by atoms with Gasteiger partial charge in [0, 0.05) is 32.2 Å². The SMILES string of the molecule is CNCc1ccc(N2CCCN3CCCC3C2)nn1. The zero-order valence-corrected chi connectivity index (χ0v) is 11.7. The molecule has 19 heavy (non-hydrogen) atoms. The minimum atomic E-state index is 0.723. The minimum absolute atomic E-state index is 0.723. The fraction of sp³-hybridized carbons (Fsp3) is 0.714. The van der Waals surface area contributed by atoms with E-state index in [0.29, 0.717) is 0 Å². The van der Waals surface area contributed by atoms with Crippen LogP contribution < -0.4 is 10.2 Å². The zero-order valence-electron chi connectivity index (χ0n) is 11.7. The molecule has 104 valence electrons. The van der Waals surface area contributed by atoms with E-state index in [4.69, 9.17) is 0 Å². The van der Waals surface area contributed by atoms with E-state index in [9.17, 15) is 0 Å². The first-order valence-electron chi connectivity index (χ1n) is 7.33. The molecule has 0 radical (unpaired) electrons. The zero-order chi connectivity index (χ0) is 13.1. The topological polar surface area (TPSA) is 44.3 Å². The molecule has 3 rings (SSSR count). The van der Waals surface area contributed by atoms with Gasteiger partial charge in [-0.2, -0.15) is 5.10 Å². The molecule has 1 aromatic rings. The molecule has 1 aromatic heterocycles. The van der Waals surface area contributed by atoms with Gasteiger partial charge in [-0.1, -0.05) is 0 Å². The van der Waals surface area contributed by atoms with Crippen LogP contribution in [0, 0.1) is 0 Å². The molecule has 3 heterocycles. The van der Waals surface area contributed by atoms with Crippen molar-refractivity contribution < 1.29 is 0 Å². The molecule has 0 aliphatic carbocycles. The van der Waals surface area contributed by atoms with Gasteiger partial charge in [0.2, 0.25) is 0 Å². The normalized spacial score (nSPS) is 24.3. The molecule has 2 fully saturated rings. The third kappa shape index (κ3) is 2.87. The third-order valence-corrected chi connectivity index (χ3v) is 4.19. The Morgan fingerprint density at radius 3 is 2.89 bits per heavy atom. The van der Waals surface area contributed by atoms with Crippen molar-refractivity contribution in [1.82, 2.24) is 20.4 Å². The summed E-state index contributed by atoms with van der Waals surface area (Å²) in [7, 11) is 1.93. The van der Waals surface area contributed by atoms with E-state index in [1.165, 1.54) is 32.4 Å². The smallest absolute Gasteiger partial charge is 0.151 e. The molecule has 2 aliphatic heterocycles. The summed E-state index contributed by atoms with van der Waals surface area (Å²) >= 11 is 0. The number of hydrogen-bond acceptors (Lipinski definition) is 5. The van der Waals surface area contributed by atoms with E-state index >= 15 is 0 Å². The molecule has 1 atom stereocenters. The first-order valence-corrected chi connectivity index (χ1v) is 7.33. The number of anilines is 1. The Labute approximate surface area is 115 Å². The van der Waals surface area contributed by atoms with Crippen LogP contribution in [0.25, 0.3) is 0 Å². The van der Waals surface area contributed by atoms with Crippen LogP contribution in [-0.2, 0) is 6.54 Å². The predicted molar refractivity (Wildman–Crippen MR) is 76.2 cm³/mol. The number of hydrogen-bond donors (Lipinski definition) is 1. The number of fused-ring (bicyclic) bond motifs is 1. The fourth-order valence-corrected chi connectivity index (χ4v) is 3.21. The summed E-state index contributed by atoms with van der Waals surface area (Å²) in [5.41, 5.74) is 1.00. The highest BCUT2D eigenvalue weighted by atomic mass is 15.3. The first-order chi connectivity index (χ1) is 9.36. The molecule has 1 unspecified atom stereocenters. The van der Waals surface area contributed by atoms with Crippen molar-refractivity contribution >= 4 is 5.82 Å². The van der Waals surface area contributed by atoms with Crippen molar-refractivity contribution in [3.8, 4) is 0 Å². The molecule has 0 aromatic carbocycles. The average Bonchev–Trinajstić information content (AvgIpc) is 2.77. The van der Waals surface area contributed by atoms with Gasteiger partial charge < -0.3 is 10.2 Å². The molecular formula is C14H23N5. The Bertz CT molecular complexity index is 405. The second-order valence-electron chi connectivity index (χ2n) is 5.54. The van der Waals surface area contributed by atoms with E-state index in [-0.39, 0.29) is 0 Å². The minimum Gasteiger partial charge on any atom is -0.354 e. The van der Waals surface area contributed by atoms with Crippen LogP contribution >= 0.6 is 0 Å². The molecule has 0 bridgehead atoms. The van der Waals surface area contributed by atoms with Crippen molar-refractivity contribution in [1.29, 1.82) is 0 Å². The summed E-state index contributed by atoms with van der Waals surface area (Å²) in [6.07, 6.45) is 3.92. The number of nitrogens with zero attached hydrogens (tertiary/aromatic N) is 4. The van der Waals surface area contributed by atoms with Gasteiger partial charge in [-0.3, -0.25) is 4.90 Å². The van der Waals surface area contributed by atoms with Gasteiger partial charge in [-0.15, -0.1) is 5.10 Å². The summed E-state index contributed by atoms with van der Waals surface area (Å²) < 4.78 is 0. The maximum atomic E-state index is 4.39. The van der Waals surface area contributed by atoms with Crippen LogP contribution in [0.15, 0.2) is 12.1 Å². The van der Waals surface area contributed by atoms with Gasteiger partial charge in [0.25, 0.3) is 0 Å². The molecule has 5 nitrogen and oxygen atoms in total. The van der Waals surface area contributed by atoms with Crippen molar-refractivity contribution in [2.24, 2.45) is 0 Å². The fourth-order valence-electron chi connectivity index (χ4n) is 3.21. The summed E-state index contributed by atoms with van der Waals surface area (Å²) in [6.45, 7) is 5.52. The quantitative estimate of drug-likeness (QED) is 0.875. The van der Waals surface area contributed by atoms with E-state index < -0.39 is 0 Å². The summed E-state index contributed by atoms with van der Waals surface area (Å²) in [4.78, 5) is 5.05. The monoisotopic (exact) mass is 261 g/mol. The van der Waals surface area contributed by atoms with E-state index in [2.05, 4.69) is 37.4 Å². The highest BCUT2D eigenvalue weighted by Gasteiger charge is 2.29. The lowest BCUT2D eigenvalue weighted by Gasteiger charge is -2.26. The van der Waals surface area contributed by atoms with Crippen molar-refractivity contribution in [3.05, 3.63) is 17.8 Å². The largest absolute Gasteiger partial charge is 0.354 e. The van der Waals surface area contributed by atoms with Gasteiger partial charge in [-0.05, 0) is 45.0 Å². The lowest BCUT2D eigenvalue weighted by Crippen LogP contribution is -2.37. The van der Waals surface area contributed by atoms with Crippen molar-refractivity contribution in [2.75, 3.05) is 38.1 Å². The van der Waals surface area contributed by atoms with Crippen LogP contribution in [0.3, 0.4) is 0 Å². The molecule has 0 saturated carbocycles. The van der Waals surface area contributed by atoms with Crippen LogP contribution in [0.4, 0.5) is 5.82 Å². The molecule has 5 heteroatoms. The highest BCUT2D eigenvalue weighted by Crippen LogP contribution is 2.23. The molecule has 2 aliphatic rings. The van der Waals surface area contributed by atoms with Crippen LogP contribution in [0.1, 0.15) is 25.0 Å². The Balaban J connectivity index is 1.70. The van der Waals surface area contributed by atoms with Crippen molar-refractivity contribution in [2.45, 2.75) is 31.8 Å². The van der Waals surface area contributed by atoms with Gasteiger partial charge >= 0.3 is 0 Å². The maximum absolute atomic E-state index is 4.39. The number of nitrogens with one attached hydrogen (secondary N) is 1. The third-order valence-electron chi connectivity index (χ3n) is 4.19. The van der Waals surface area contributed by atoms with E-state index in [0.717, 1.165) is 37.2 Å². The summed E-state index contributed by atoms with van der Waals surface area (Å²) in [5, 5.41) is 11.8. The highest BCUT2D eigenvalue weighted by molar-refractivity contribution is 5.38. The first kappa shape index (κ1) is 12.8. The van der Waals surface area contributed by atoms with Crippen LogP contribution in [0.5, 0.6) is 0 Å². The molecule has 0 spiro atoms. The van der Waals surface area contributed by atoms with Gasteiger partial charge in [0.15, 0.2) is 5.82 Å². The van der Waals surface area contributed by atoms with Crippen LogP contribution in [0.2, 0.25) is 0 Å². The molecule has 0 amide bonds. The Kier molecular flexibility index (Phi) is 3.94. The average molecular weight is 261 g/mol. The van der Waals surface area contributed by atoms with Crippen molar-refractivity contribution in [3.63, 3.8) is 0 Å². The predicted octanol–water partition coefficient (Wildman–Crippen LogP) is 0.870. The summed E-state index contributed by atoms with van der Waals surface area (Å²) in [6, 6.07) is 4.92. The second-order valence-corrected chi connectivity index (χ2v) is 5.54. The molecular weight excluding hydrogens is 238 g/mol. The van der Waals surface area contributed by atoms with E-state index in [1.807, 2.05) is 7.05 Å². The molecule has 1 N–H and O–H groups in total. The van der Waals surface area contributed by atoms with Gasteiger partial charge in [0.05, 0.1) is 5.69 Å². The Morgan fingerprint density at radius 2 is 2.11 bits per heavy atom. The lowest BCUT2D eigenvalue weighted by atomic mass is 10.2. The Hall–Kier alpha value is -1.20. The summed E-state index contributed by atoms with van der Waals surface area (Å²) in [5.74, 6) is 1.04. The lowest BCUT2D eigenvalue weighted by molar-refractivity contribution is 0.273. The second kappa shape index (κ2) is 5.84. The van der Waals surface area contributed by atoms with Gasteiger partial charge in [-0.25, -0.2) is 0 Å². The standard InChI is InChI=1S/C14H23N5/c1-15-10-12-5-6-14(17-16-12)19-9-3-8-18-7-2-4-13(18)11-19/h5-6,13,15H,2-4,7-11H2,1H3. The maximum Gasteiger partial charge on any atom is 0.151 e. The van der Waals surface area contributed by atoms with Gasteiger partial charge in [0.1, 0.15) is 0 Å². The number of aromatic nitrogens is 2. The van der Waals surface area contributed by atoms with E-state index in [1.54, 1.807) is 0 Å².